The van der Waals surface area contributed by atoms with Crippen LogP contribution in [0.2, 0.25) is 0 Å². The lowest BCUT2D eigenvalue weighted by Crippen LogP contribution is -2.47. The largest absolute Gasteiger partial charge is 0.355 e. The topological polar surface area (TPSA) is 70.2 Å². The molecule has 5 heteroatoms. The summed E-state index contributed by atoms with van der Waals surface area (Å²) in [6, 6.07) is 6.74. The molecule has 0 fully saturated rings. The molecule has 1 aromatic rings. The molecule has 1 rings (SSSR count). The van der Waals surface area contributed by atoms with Crippen LogP contribution in [0.3, 0.4) is 0 Å². The van der Waals surface area contributed by atoms with Crippen molar-refractivity contribution in [2.45, 2.75) is 19.4 Å². The predicted octanol–water partition coefficient (Wildman–Crippen LogP) is 0.983. The first-order chi connectivity index (χ1) is 8.40. The van der Waals surface area contributed by atoms with E-state index in [0.717, 1.165) is 0 Å². The van der Waals surface area contributed by atoms with Gasteiger partial charge >= 0.3 is 0 Å². The zero-order chi connectivity index (χ0) is 13.8. The Morgan fingerprint density at radius 3 is 2.06 bits per heavy atom. The number of amides is 2. The minimum Gasteiger partial charge on any atom is -0.355 e. The molecule has 98 valence electrons. The number of carbonyl (C=O) groups is 2. The van der Waals surface area contributed by atoms with Crippen LogP contribution in [0.4, 0.5) is 5.69 Å². The van der Waals surface area contributed by atoms with E-state index in [9.17, 15) is 9.59 Å². The summed E-state index contributed by atoms with van der Waals surface area (Å²) in [5.41, 5.74) is 0.582. The Morgan fingerprint density at radius 2 is 1.61 bits per heavy atom. The van der Waals surface area contributed by atoms with Crippen LogP contribution in [-0.2, 0) is 4.79 Å². The number of benzene rings is 1. The van der Waals surface area contributed by atoms with E-state index in [1.165, 1.54) is 0 Å². The molecule has 1 aromatic carbocycles. The van der Waals surface area contributed by atoms with E-state index in [-0.39, 0.29) is 11.8 Å². The number of nitrogens with one attached hydrogen (secondary N) is 3. The van der Waals surface area contributed by atoms with Crippen molar-refractivity contribution in [3.05, 3.63) is 29.8 Å². The third-order valence-electron chi connectivity index (χ3n) is 2.82. The molecular weight excluding hydrogens is 230 g/mol. The number of anilines is 1. The molecular formula is C13H19N3O2. The maximum Gasteiger partial charge on any atom is 0.251 e. The van der Waals surface area contributed by atoms with E-state index in [2.05, 4.69) is 16.0 Å². The van der Waals surface area contributed by atoms with Crippen molar-refractivity contribution < 1.29 is 9.59 Å². The summed E-state index contributed by atoms with van der Waals surface area (Å²) in [6.45, 7) is 3.59. The summed E-state index contributed by atoms with van der Waals surface area (Å²) in [7, 11) is 3.31. The van der Waals surface area contributed by atoms with Gasteiger partial charge in [-0.05, 0) is 45.2 Å². The average Bonchev–Trinajstić information content (AvgIpc) is 2.38. The first kappa shape index (κ1) is 14.2. The van der Waals surface area contributed by atoms with E-state index >= 15 is 0 Å². The highest BCUT2D eigenvalue weighted by molar-refractivity contribution is 5.98. The first-order valence-electron chi connectivity index (χ1n) is 5.73. The monoisotopic (exact) mass is 249 g/mol. The van der Waals surface area contributed by atoms with Crippen LogP contribution < -0.4 is 16.0 Å². The second-order valence-corrected chi connectivity index (χ2v) is 4.49. The standard InChI is InChI=1S/C13H19N3O2/c1-13(2,15-4)12(18)16-10-7-5-9(6-8-10)11(17)14-3/h5-8,15H,1-4H3,(H,14,17)(H,16,18). The molecule has 0 aliphatic heterocycles. The molecule has 18 heavy (non-hydrogen) atoms. The minimum absolute atomic E-state index is 0.127. The first-order valence-corrected chi connectivity index (χ1v) is 5.73. The van der Waals surface area contributed by atoms with Gasteiger partial charge in [0.1, 0.15) is 0 Å². The van der Waals surface area contributed by atoms with E-state index in [4.69, 9.17) is 0 Å². The average molecular weight is 249 g/mol. The second kappa shape index (κ2) is 5.64. The minimum atomic E-state index is -0.639. The lowest BCUT2D eigenvalue weighted by atomic mass is 10.0. The van der Waals surface area contributed by atoms with Gasteiger partial charge in [-0.2, -0.15) is 0 Å². The van der Waals surface area contributed by atoms with Gasteiger partial charge in [0.15, 0.2) is 0 Å². The van der Waals surface area contributed by atoms with Crippen molar-refractivity contribution in [3.8, 4) is 0 Å². The smallest absolute Gasteiger partial charge is 0.251 e. The molecule has 3 N–H and O–H groups in total. The summed E-state index contributed by atoms with van der Waals surface area (Å²) in [4.78, 5) is 23.2. The van der Waals surface area contributed by atoms with E-state index < -0.39 is 5.54 Å². The second-order valence-electron chi connectivity index (χ2n) is 4.49. The van der Waals surface area contributed by atoms with Gasteiger partial charge in [-0.15, -0.1) is 0 Å². The zero-order valence-electron chi connectivity index (χ0n) is 11.1. The molecule has 0 unspecified atom stereocenters. The highest BCUT2D eigenvalue weighted by atomic mass is 16.2. The van der Waals surface area contributed by atoms with Crippen molar-refractivity contribution in [2.24, 2.45) is 0 Å². The van der Waals surface area contributed by atoms with Gasteiger partial charge in [-0.25, -0.2) is 0 Å². The highest BCUT2D eigenvalue weighted by Crippen LogP contribution is 2.12. The Morgan fingerprint density at radius 1 is 1.06 bits per heavy atom. The third kappa shape index (κ3) is 3.30. The van der Waals surface area contributed by atoms with E-state index in [1.807, 2.05) is 0 Å². The SMILES string of the molecule is CNC(=O)c1ccc(NC(=O)C(C)(C)NC)cc1. The van der Waals surface area contributed by atoms with Gasteiger partial charge in [0.05, 0.1) is 5.54 Å². The van der Waals surface area contributed by atoms with Crippen LogP contribution in [0.1, 0.15) is 24.2 Å². The quantitative estimate of drug-likeness (QED) is 0.745. The van der Waals surface area contributed by atoms with Gasteiger partial charge in [0.25, 0.3) is 5.91 Å². The molecule has 0 aliphatic rings. The Labute approximate surface area is 107 Å². The molecule has 5 nitrogen and oxygen atoms in total. The summed E-state index contributed by atoms with van der Waals surface area (Å²) in [6.07, 6.45) is 0. The van der Waals surface area contributed by atoms with Crippen LogP contribution in [0.25, 0.3) is 0 Å². The summed E-state index contributed by atoms with van der Waals surface area (Å²) < 4.78 is 0. The maximum atomic E-state index is 11.9. The molecule has 0 heterocycles. The zero-order valence-corrected chi connectivity index (χ0v) is 11.1. The molecule has 0 atom stereocenters. The van der Waals surface area contributed by atoms with Crippen LogP contribution in [0, 0.1) is 0 Å². The summed E-state index contributed by atoms with van der Waals surface area (Å²) in [5, 5.41) is 8.25. The Balaban J connectivity index is 2.76. The molecule has 0 aromatic heterocycles. The van der Waals surface area contributed by atoms with Gasteiger partial charge in [0.2, 0.25) is 5.91 Å². The number of likely N-dealkylation sites (N-methyl/N-ethyl adjacent to an activating group) is 1. The normalized spacial score (nSPS) is 10.9. The number of hydrogen-bond acceptors (Lipinski definition) is 3. The molecule has 0 spiro atoms. The Bertz CT molecular complexity index is 438. The van der Waals surface area contributed by atoms with Crippen LogP contribution in [0.5, 0.6) is 0 Å². The Hall–Kier alpha value is -1.88. The number of carbonyl (C=O) groups excluding carboxylic acids is 2. The molecule has 0 saturated heterocycles. The van der Waals surface area contributed by atoms with E-state index in [0.29, 0.717) is 11.3 Å². The summed E-state index contributed by atoms with van der Waals surface area (Å²) >= 11 is 0. The van der Waals surface area contributed by atoms with Crippen molar-refractivity contribution >= 4 is 17.5 Å². The van der Waals surface area contributed by atoms with Crippen LogP contribution in [-0.4, -0.2) is 31.4 Å². The van der Waals surface area contributed by atoms with Gasteiger partial charge < -0.3 is 16.0 Å². The summed E-state index contributed by atoms with van der Waals surface area (Å²) in [5.74, 6) is -0.277. The fourth-order valence-electron chi connectivity index (χ4n) is 1.25. The lowest BCUT2D eigenvalue weighted by Gasteiger charge is -2.22. The predicted molar refractivity (Wildman–Crippen MR) is 71.6 cm³/mol. The fraction of sp³-hybridized carbons (Fsp3) is 0.385. The highest BCUT2D eigenvalue weighted by Gasteiger charge is 2.24. The lowest BCUT2D eigenvalue weighted by molar-refractivity contribution is -0.121. The number of rotatable bonds is 4. The fourth-order valence-corrected chi connectivity index (χ4v) is 1.25. The van der Waals surface area contributed by atoms with Gasteiger partial charge in [-0.3, -0.25) is 9.59 Å². The van der Waals surface area contributed by atoms with Crippen molar-refractivity contribution in [2.75, 3.05) is 19.4 Å². The molecule has 2 amide bonds. The molecule has 0 saturated carbocycles. The Kier molecular flexibility index (Phi) is 4.44. The van der Waals surface area contributed by atoms with Gasteiger partial charge in [-0.1, -0.05) is 0 Å². The van der Waals surface area contributed by atoms with Crippen molar-refractivity contribution in [1.29, 1.82) is 0 Å². The van der Waals surface area contributed by atoms with Crippen molar-refractivity contribution in [1.82, 2.24) is 10.6 Å². The van der Waals surface area contributed by atoms with Crippen LogP contribution in [0.15, 0.2) is 24.3 Å². The molecule has 0 radical (unpaired) electrons. The number of hydrogen-bond donors (Lipinski definition) is 3. The molecule has 0 aliphatic carbocycles. The molecule has 0 bridgehead atoms. The van der Waals surface area contributed by atoms with Crippen LogP contribution >= 0.6 is 0 Å². The maximum absolute atomic E-state index is 11.9. The van der Waals surface area contributed by atoms with E-state index in [1.54, 1.807) is 52.2 Å². The van der Waals surface area contributed by atoms with Crippen molar-refractivity contribution in [3.63, 3.8) is 0 Å². The third-order valence-corrected chi connectivity index (χ3v) is 2.82. The van der Waals surface area contributed by atoms with Gasteiger partial charge in [0, 0.05) is 18.3 Å².